The largest absolute Gasteiger partial charge is 0.387 e. The highest BCUT2D eigenvalue weighted by Crippen LogP contribution is 2.39. The Labute approximate surface area is 122 Å². The Morgan fingerprint density at radius 1 is 1.26 bits per heavy atom. The number of thiophene rings is 1. The second-order valence-corrected chi connectivity index (χ2v) is 6.03. The van der Waals surface area contributed by atoms with E-state index in [0.29, 0.717) is 11.6 Å². The van der Waals surface area contributed by atoms with Gasteiger partial charge in [0.15, 0.2) is 0 Å². The van der Waals surface area contributed by atoms with Crippen LogP contribution in [0.2, 0.25) is 5.02 Å². The van der Waals surface area contributed by atoms with E-state index in [-0.39, 0.29) is 5.92 Å². The monoisotopic (exact) mass is 295 g/mol. The average molecular weight is 296 g/mol. The van der Waals surface area contributed by atoms with E-state index in [9.17, 15) is 5.11 Å². The number of halogens is 1. The van der Waals surface area contributed by atoms with Gasteiger partial charge in [-0.3, -0.25) is 0 Å². The molecule has 19 heavy (non-hydrogen) atoms. The molecule has 0 aliphatic rings. The van der Waals surface area contributed by atoms with Gasteiger partial charge in [0.1, 0.15) is 0 Å². The minimum Gasteiger partial charge on any atom is -0.387 e. The Kier molecular flexibility index (Phi) is 4.63. The Bertz CT molecular complexity index is 567. The minimum absolute atomic E-state index is 0.128. The summed E-state index contributed by atoms with van der Waals surface area (Å²) in [5.41, 5.74) is 9.09. The molecule has 1 aromatic heterocycles. The number of benzene rings is 1. The molecule has 0 aliphatic carbocycles. The second-order valence-electron chi connectivity index (χ2n) is 4.74. The third kappa shape index (κ3) is 2.84. The quantitative estimate of drug-likeness (QED) is 0.901. The standard InChI is InChI=1S/C15H18ClNOS/c1-9-5-3-4-6-11(9)12(7-17)14(18)15-13(16)10(2)8-19-15/h3-6,8,12,14,18H,7,17H2,1-2H3. The summed E-state index contributed by atoms with van der Waals surface area (Å²) in [5, 5.41) is 13.2. The van der Waals surface area contributed by atoms with Crippen LogP contribution < -0.4 is 5.73 Å². The van der Waals surface area contributed by atoms with Crippen molar-refractivity contribution in [2.24, 2.45) is 5.73 Å². The average Bonchev–Trinajstić information content (AvgIpc) is 2.73. The molecular weight excluding hydrogens is 278 g/mol. The normalized spacial score (nSPS) is 14.4. The van der Waals surface area contributed by atoms with Gasteiger partial charge in [0.05, 0.1) is 16.0 Å². The fourth-order valence-electron chi connectivity index (χ4n) is 2.26. The van der Waals surface area contributed by atoms with Crippen molar-refractivity contribution in [2.45, 2.75) is 25.9 Å². The van der Waals surface area contributed by atoms with Crippen LogP contribution in [0.25, 0.3) is 0 Å². The first kappa shape index (κ1) is 14.5. The van der Waals surface area contributed by atoms with Gasteiger partial charge < -0.3 is 10.8 Å². The molecule has 0 fully saturated rings. The number of hydrogen-bond acceptors (Lipinski definition) is 3. The lowest BCUT2D eigenvalue weighted by Gasteiger charge is -2.23. The first-order valence-corrected chi connectivity index (χ1v) is 7.49. The van der Waals surface area contributed by atoms with Gasteiger partial charge in [0, 0.05) is 12.5 Å². The molecule has 2 aromatic rings. The molecule has 2 unspecified atom stereocenters. The van der Waals surface area contributed by atoms with Gasteiger partial charge in [-0.2, -0.15) is 0 Å². The van der Waals surface area contributed by atoms with Gasteiger partial charge in [0.2, 0.25) is 0 Å². The molecule has 0 saturated heterocycles. The smallest absolute Gasteiger partial charge is 0.0977 e. The third-order valence-electron chi connectivity index (χ3n) is 3.42. The van der Waals surface area contributed by atoms with E-state index in [4.69, 9.17) is 17.3 Å². The van der Waals surface area contributed by atoms with Crippen molar-refractivity contribution in [3.05, 3.63) is 56.2 Å². The lowest BCUT2D eigenvalue weighted by atomic mass is 9.89. The fraction of sp³-hybridized carbons (Fsp3) is 0.333. The highest BCUT2D eigenvalue weighted by Gasteiger charge is 2.26. The first-order valence-electron chi connectivity index (χ1n) is 6.23. The predicted octanol–water partition coefficient (Wildman–Crippen LogP) is 3.79. The Balaban J connectivity index is 2.38. The van der Waals surface area contributed by atoms with Crippen LogP contribution in [0.4, 0.5) is 0 Å². The van der Waals surface area contributed by atoms with E-state index in [1.165, 1.54) is 11.3 Å². The minimum atomic E-state index is -0.655. The van der Waals surface area contributed by atoms with Crippen molar-refractivity contribution in [1.29, 1.82) is 0 Å². The first-order chi connectivity index (χ1) is 9.06. The van der Waals surface area contributed by atoms with Gasteiger partial charge in [-0.25, -0.2) is 0 Å². The van der Waals surface area contributed by atoms with Crippen LogP contribution >= 0.6 is 22.9 Å². The summed E-state index contributed by atoms with van der Waals surface area (Å²) >= 11 is 7.73. The number of aryl methyl sites for hydroxylation is 2. The molecule has 0 bridgehead atoms. The molecule has 1 heterocycles. The zero-order valence-electron chi connectivity index (χ0n) is 11.1. The van der Waals surface area contributed by atoms with E-state index >= 15 is 0 Å². The topological polar surface area (TPSA) is 46.2 Å². The number of hydrogen-bond donors (Lipinski definition) is 2. The van der Waals surface area contributed by atoms with E-state index in [2.05, 4.69) is 0 Å². The number of aliphatic hydroxyl groups excluding tert-OH is 1. The third-order valence-corrected chi connectivity index (χ3v) is 5.20. The molecule has 102 valence electrons. The molecule has 3 N–H and O–H groups in total. The van der Waals surface area contributed by atoms with Crippen LogP contribution in [0.1, 0.15) is 33.6 Å². The Morgan fingerprint density at radius 2 is 1.95 bits per heavy atom. The summed E-state index contributed by atoms with van der Waals surface area (Å²) in [7, 11) is 0. The molecule has 4 heteroatoms. The van der Waals surface area contributed by atoms with Crippen molar-refractivity contribution in [2.75, 3.05) is 6.54 Å². The lowest BCUT2D eigenvalue weighted by molar-refractivity contribution is 0.151. The van der Waals surface area contributed by atoms with Crippen LogP contribution in [-0.4, -0.2) is 11.7 Å². The van der Waals surface area contributed by atoms with Crippen molar-refractivity contribution in [3.63, 3.8) is 0 Å². The summed E-state index contributed by atoms with van der Waals surface area (Å²) in [6, 6.07) is 8.01. The summed E-state index contributed by atoms with van der Waals surface area (Å²) in [5.74, 6) is -0.128. The SMILES string of the molecule is Cc1ccccc1C(CN)C(O)c1scc(C)c1Cl. The van der Waals surface area contributed by atoms with Crippen LogP contribution in [0.3, 0.4) is 0 Å². The molecule has 2 rings (SSSR count). The molecule has 0 aliphatic heterocycles. The molecular formula is C15H18ClNOS. The zero-order chi connectivity index (χ0) is 14.0. The van der Waals surface area contributed by atoms with E-state index < -0.39 is 6.10 Å². The maximum Gasteiger partial charge on any atom is 0.0977 e. The van der Waals surface area contributed by atoms with Crippen LogP contribution in [-0.2, 0) is 0 Å². The van der Waals surface area contributed by atoms with Crippen molar-refractivity contribution >= 4 is 22.9 Å². The van der Waals surface area contributed by atoms with Gasteiger partial charge in [0.25, 0.3) is 0 Å². The van der Waals surface area contributed by atoms with Crippen LogP contribution in [0.15, 0.2) is 29.6 Å². The van der Waals surface area contributed by atoms with E-state index in [0.717, 1.165) is 21.6 Å². The maximum absolute atomic E-state index is 10.6. The summed E-state index contributed by atoms with van der Waals surface area (Å²) in [6.07, 6.45) is -0.655. The molecule has 0 spiro atoms. The molecule has 2 atom stereocenters. The predicted molar refractivity (Wildman–Crippen MR) is 82.0 cm³/mol. The molecule has 2 nitrogen and oxygen atoms in total. The summed E-state index contributed by atoms with van der Waals surface area (Å²) in [6.45, 7) is 4.37. The van der Waals surface area contributed by atoms with Crippen LogP contribution in [0, 0.1) is 13.8 Å². The number of rotatable bonds is 4. The fourth-order valence-corrected chi connectivity index (χ4v) is 3.62. The van der Waals surface area contributed by atoms with E-state index in [1.54, 1.807) is 0 Å². The molecule has 1 aromatic carbocycles. The molecule has 0 amide bonds. The number of aliphatic hydroxyl groups is 1. The van der Waals surface area contributed by atoms with Crippen molar-refractivity contribution in [3.8, 4) is 0 Å². The maximum atomic E-state index is 10.6. The highest BCUT2D eigenvalue weighted by molar-refractivity contribution is 7.10. The number of nitrogens with two attached hydrogens (primary N) is 1. The highest BCUT2D eigenvalue weighted by atomic mass is 35.5. The second kappa shape index (κ2) is 6.06. The summed E-state index contributed by atoms with van der Waals surface area (Å²) < 4.78 is 0. The van der Waals surface area contributed by atoms with Gasteiger partial charge in [-0.1, -0.05) is 35.9 Å². The van der Waals surface area contributed by atoms with Gasteiger partial charge >= 0.3 is 0 Å². The Morgan fingerprint density at radius 3 is 2.47 bits per heavy atom. The molecule has 0 radical (unpaired) electrons. The zero-order valence-corrected chi connectivity index (χ0v) is 12.6. The van der Waals surface area contributed by atoms with Crippen molar-refractivity contribution < 1.29 is 5.11 Å². The van der Waals surface area contributed by atoms with Crippen LogP contribution in [0.5, 0.6) is 0 Å². The van der Waals surface area contributed by atoms with Gasteiger partial charge in [-0.05, 0) is 35.9 Å². The van der Waals surface area contributed by atoms with Crippen molar-refractivity contribution in [1.82, 2.24) is 0 Å². The lowest BCUT2D eigenvalue weighted by Crippen LogP contribution is -2.20. The molecule has 0 saturated carbocycles. The Hall–Kier alpha value is -0.870. The summed E-state index contributed by atoms with van der Waals surface area (Å²) in [4.78, 5) is 0.804. The van der Waals surface area contributed by atoms with Gasteiger partial charge in [-0.15, -0.1) is 11.3 Å². The van der Waals surface area contributed by atoms with E-state index in [1.807, 2.05) is 43.5 Å².